The summed E-state index contributed by atoms with van der Waals surface area (Å²) in [5.74, 6) is 1.53. The molecule has 1 aromatic rings. The highest BCUT2D eigenvalue weighted by molar-refractivity contribution is 7.09. The van der Waals surface area contributed by atoms with Gasteiger partial charge in [0.25, 0.3) is 0 Å². The number of rotatable bonds is 7. The first-order valence-electron chi connectivity index (χ1n) is 5.27. The van der Waals surface area contributed by atoms with Crippen molar-refractivity contribution in [2.75, 3.05) is 19.0 Å². The molecule has 5 heteroatoms. The summed E-state index contributed by atoms with van der Waals surface area (Å²) >= 11 is 1.40. The van der Waals surface area contributed by atoms with Gasteiger partial charge in [-0.2, -0.15) is 4.37 Å². The lowest BCUT2D eigenvalue weighted by atomic mass is 10.1. The van der Waals surface area contributed by atoms with E-state index in [4.69, 9.17) is 4.74 Å². The highest BCUT2D eigenvalue weighted by Crippen LogP contribution is 2.12. The van der Waals surface area contributed by atoms with Crippen LogP contribution in [0.1, 0.15) is 32.5 Å². The molecule has 0 amide bonds. The summed E-state index contributed by atoms with van der Waals surface area (Å²) in [5, 5.41) is 4.16. The highest BCUT2D eigenvalue weighted by Gasteiger charge is 2.02. The minimum Gasteiger partial charge on any atom is -0.377 e. The van der Waals surface area contributed by atoms with Crippen LogP contribution >= 0.6 is 11.5 Å². The van der Waals surface area contributed by atoms with Crippen LogP contribution in [0.3, 0.4) is 0 Å². The zero-order valence-electron chi connectivity index (χ0n) is 9.62. The Balaban J connectivity index is 2.19. The van der Waals surface area contributed by atoms with Gasteiger partial charge in [0.15, 0.2) is 5.82 Å². The molecule has 1 N–H and O–H groups in total. The zero-order valence-corrected chi connectivity index (χ0v) is 10.4. The summed E-state index contributed by atoms with van der Waals surface area (Å²) in [7, 11) is 1.65. The zero-order chi connectivity index (χ0) is 11.1. The van der Waals surface area contributed by atoms with E-state index < -0.39 is 0 Å². The van der Waals surface area contributed by atoms with Gasteiger partial charge in [0.1, 0.15) is 6.61 Å². The van der Waals surface area contributed by atoms with Crippen LogP contribution in [-0.4, -0.2) is 23.0 Å². The molecule has 4 nitrogen and oxygen atoms in total. The number of anilines is 1. The Bertz CT molecular complexity index is 275. The van der Waals surface area contributed by atoms with E-state index in [9.17, 15) is 0 Å². The smallest absolute Gasteiger partial charge is 0.202 e. The van der Waals surface area contributed by atoms with Crippen LogP contribution in [0.2, 0.25) is 0 Å². The van der Waals surface area contributed by atoms with Gasteiger partial charge in [-0.05, 0) is 18.8 Å². The maximum atomic E-state index is 4.95. The molecule has 1 heterocycles. The second-order valence-corrected chi connectivity index (χ2v) is 4.66. The largest absolute Gasteiger partial charge is 0.377 e. The Kier molecular flexibility index (Phi) is 5.57. The van der Waals surface area contributed by atoms with E-state index in [0.717, 1.165) is 23.4 Å². The van der Waals surface area contributed by atoms with Gasteiger partial charge < -0.3 is 10.1 Å². The molecule has 0 saturated heterocycles. The number of ether oxygens (including phenoxy) is 1. The number of nitrogens with one attached hydrogen (secondary N) is 1. The third-order valence-electron chi connectivity index (χ3n) is 1.98. The van der Waals surface area contributed by atoms with Crippen molar-refractivity contribution in [3.63, 3.8) is 0 Å². The standard InChI is InChI=1S/C10H19N3OS/c1-8(2)5-4-6-11-10-12-9(7-14-3)13-15-10/h8H,4-7H2,1-3H3,(H,11,12,13). The van der Waals surface area contributed by atoms with Gasteiger partial charge in [0.05, 0.1) is 0 Å². The molecule has 0 bridgehead atoms. The molecule has 0 spiro atoms. The molecular weight excluding hydrogens is 210 g/mol. The van der Waals surface area contributed by atoms with Crippen molar-refractivity contribution in [2.24, 2.45) is 5.92 Å². The van der Waals surface area contributed by atoms with Crippen LogP contribution in [0.5, 0.6) is 0 Å². The van der Waals surface area contributed by atoms with Crippen molar-refractivity contribution in [1.29, 1.82) is 0 Å². The van der Waals surface area contributed by atoms with Crippen LogP contribution in [0, 0.1) is 5.92 Å². The molecule has 0 radical (unpaired) electrons. The lowest BCUT2D eigenvalue weighted by Crippen LogP contribution is -2.02. The molecule has 0 unspecified atom stereocenters. The third-order valence-corrected chi connectivity index (χ3v) is 2.69. The summed E-state index contributed by atoms with van der Waals surface area (Å²) in [5.41, 5.74) is 0. The van der Waals surface area contributed by atoms with Crippen LogP contribution in [0.15, 0.2) is 0 Å². The Morgan fingerprint density at radius 1 is 1.47 bits per heavy atom. The van der Waals surface area contributed by atoms with Crippen molar-refractivity contribution < 1.29 is 4.74 Å². The lowest BCUT2D eigenvalue weighted by molar-refractivity contribution is 0.179. The van der Waals surface area contributed by atoms with Crippen LogP contribution in [0.25, 0.3) is 0 Å². The van der Waals surface area contributed by atoms with Gasteiger partial charge in [-0.3, -0.25) is 0 Å². The molecule has 0 aliphatic rings. The van der Waals surface area contributed by atoms with Crippen molar-refractivity contribution >= 4 is 16.7 Å². The van der Waals surface area contributed by atoms with E-state index in [-0.39, 0.29) is 0 Å². The first-order valence-corrected chi connectivity index (χ1v) is 6.05. The number of hydrogen-bond acceptors (Lipinski definition) is 5. The molecule has 0 aromatic carbocycles. The molecular formula is C10H19N3OS. The Morgan fingerprint density at radius 3 is 2.93 bits per heavy atom. The van der Waals surface area contributed by atoms with Crippen LogP contribution < -0.4 is 5.32 Å². The number of aromatic nitrogens is 2. The summed E-state index contributed by atoms with van der Waals surface area (Å²) < 4.78 is 9.12. The predicted molar refractivity (Wildman–Crippen MR) is 63.2 cm³/mol. The molecule has 0 aliphatic heterocycles. The highest BCUT2D eigenvalue weighted by atomic mass is 32.1. The Hall–Kier alpha value is -0.680. The van der Waals surface area contributed by atoms with Gasteiger partial charge in [0, 0.05) is 25.2 Å². The summed E-state index contributed by atoms with van der Waals surface area (Å²) in [6, 6.07) is 0. The first-order chi connectivity index (χ1) is 7.22. The maximum Gasteiger partial charge on any atom is 0.202 e. The molecule has 0 saturated carbocycles. The van der Waals surface area contributed by atoms with E-state index >= 15 is 0 Å². The average molecular weight is 229 g/mol. The normalized spacial score (nSPS) is 10.9. The van der Waals surface area contributed by atoms with Crippen molar-refractivity contribution in [1.82, 2.24) is 9.36 Å². The quantitative estimate of drug-likeness (QED) is 0.730. The molecule has 1 aromatic heterocycles. The second kappa shape index (κ2) is 6.74. The molecule has 86 valence electrons. The molecule has 15 heavy (non-hydrogen) atoms. The molecule has 0 atom stereocenters. The topological polar surface area (TPSA) is 47.0 Å². The van der Waals surface area contributed by atoms with Gasteiger partial charge in [-0.15, -0.1) is 0 Å². The predicted octanol–water partition coefficient (Wildman–Crippen LogP) is 2.53. The van der Waals surface area contributed by atoms with E-state index in [1.165, 1.54) is 24.4 Å². The van der Waals surface area contributed by atoms with Gasteiger partial charge in [-0.1, -0.05) is 13.8 Å². The SMILES string of the molecule is COCc1nsc(NCCCC(C)C)n1. The van der Waals surface area contributed by atoms with Gasteiger partial charge in [-0.25, -0.2) is 4.98 Å². The minimum absolute atomic E-state index is 0.490. The number of nitrogens with zero attached hydrogens (tertiary/aromatic N) is 2. The monoisotopic (exact) mass is 229 g/mol. The minimum atomic E-state index is 0.490. The Labute approximate surface area is 95.2 Å². The van der Waals surface area contributed by atoms with Gasteiger partial charge in [0.2, 0.25) is 5.13 Å². The number of methoxy groups -OCH3 is 1. The van der Waals surface area contributed by atoms with E-state index in [0.29, 0.717) is 6.61 Å². The molecule has 0 fully saturated rings. The summed E-state index contributed by atoms with van der Waals surface area (Å²) in [6.45, 7) is 5.94. The second-order valence-electron chi connectivity index (χ2n) is 3.91. The third kappa shape index (κ3) is 5.09. The summed E-state index contributed by atoms with van der Waals surface area (Å²) in [4.78, 5) is 4.29. The van der Waals surface area contributed by atoms with Crippen LogP contribution in [0.4, 0.5) is 5.13 Å². The molecule has 1 rings (SSSR count). The van der Waals surface area contributed by atoms with E-state index in [2.05, 4.69) is 28.5 Å². The van der Waals surface area contributed by atoms with Gasteiger partial charge >= 0.3 is 0 Å². The van der Waals surface area contributed by atoms with E-state index in [1.807, 2.05) is 0 Å². The lowest BCUT2D eigenvalue weighted by Gasteiger charge is -2.04. The number of hydrogen-bond donors (Lipinski definition) is 1. The fraction of sp³-hybridized carbons (Fsp3) is 0.800. The van der Waals surface area contributed by atoms with Crippen molar-refractivity contribution in [3.8, 4) is 0 Å². The average Bonchev–Trinajstić information content (AvgIpc) is 2.61. The maximum absolute atomic E-state index is 4.95. The van der Waals surface area contributed by atoms with Crippen LogP contribution in [-0.2, 0) is 11.3 Å². The fourth-order valence-corrected chi connectivity index (χ4v) is 1.82. The summed E-state index contributed by atoms with van der Waals surface area (Å²) in [6.07, 6.45) is 2.42. The Morgan fingerprint density at radius 2 is 2.27 bits per heavy atom. The first kappa shape index (κ1) is 12.4. The fourth-order valence-electron chi connectivity index (χ4n) is 1.22. The van der Waals surface area contributed by atoms with Crippen molar-refractivity contribution in [3.05, 3.63) is 5.82 Å². The molecule has 0 aliphatic carbocycles. The van der Waals surface area contributed by atoms with Crippen molar-refractivity contribution in [2.45, 2.75) is 33.3 Å². The van der Waals surface area contributed by atoms with E-state index in [1.54, 1.807) is 7.11 Å².